The number of rotatable bonds is 8. The van der Waals surface area contributed by atoms with Crippen molar-refractivity contribution in [2.24, 2.45) is 0 Å². The zero-order chi connectivity index (χ0) is 23.4. The average molecular weight is 469 g/mol. The van der Waals surface area contributed by atoms with E-state index in [1.807, 2.05) is 19.1 Å². The second-order valence-corrected chi connectivity index (χ2v) is 9.00. The molecule has 3 aromatic carbocycles. The minimum Gasteiger partial charge on any atom is -0.497 e. The monoisotopic (exact) mass is 468 g/mol. The molecular weight excluding hydrogens is 444 g/mol. The first-order valence-electron chi connectivity index (χ1n) is 10.1. The summed E-state index contributed by atoms with van der Waals surface area (Å²) in [6.07, 6.45) is 1.79. The number of hydrogen-bond acceptors (Lipinski definition) is 7. The minimum atomic E-state index is -3.82. The van der Waals surface area contributed by atoms with Crippen molar-refractivity contribution >= 4 is 21.8 Å². The molecule has 2 N–H and O–H groups in total. The van der Waals surface area contributed by atoms with Crippen LogP contribution in [0.25, 0.3) is 11.8 Å². The van der Waals surface area contributed by atoms with Crippen molar-refractivity contribution in [3.63, 3.8) is 0 Å². The molecule has 9 heteroatoms. The zero-order valence-electron chi connectivity index (χ0n) is 18.4. The summed E-state index contributed by atoms with van der Waals surface area (Å²) in [4.78, 5) is 2.60. The zero-order valence-corrected chi connectivity index (χ0v) is 19.2. The first-order chi connectivity index (χ1) is 15.9. The number of hydrazine groups is 1. The van der Waals surface area contributed by atoms with E-state index in [4.69, 9.17) is 18.9 Å². The van der Waals surface area contributed by atoms with Crippen LogP contribution in [0.4, 0.5) is 0 Å². The van der Waals surface area contributed by atoms with Gasteiger partial charge in [-0.1, -0.05) is 23.8 Å². The van der Waals surface area contributed by atoms with Crippen LogP contribution in [0.15, 0.2) is 65.6 Å². The Morgan fingerprint density at radius 3 is 2.24 bits per heavy atom. The molecule has 1 heterocycles. The number of hydrogen-bond donors (Lipinski definition) is 2. The van der Waals surface area contributed by atoms with Gasteiger partial charge in [0.2, 0.25) is 6.79 Å². The Balaban J connectivity index is 1.71. The van der Waals surface area contributed by atoms with Crippen LogP contribution in [0.2, 0.25) is 0 Å². The largest absolute Gasteiger partial charge is 0.497 e. The minimum absolute atomic E-state index is 0.145. The quantitative estimate of drug-likeness (QED) is 0.384. The van der Waals surface area contributed by atoms with Gasteiger partial charge in [-0.25, -0.2) is 8.42 Å². The summed E-state index contributed by atoms with van der Waals surface area (Å²) in [5.41, 5.74) is 5.71. The summed E-state index contributed by atoms with van der Waals surface area (Å²) in [5, 5.41) is 0. The summed E-state index contributed by atoms with van der Waals surface area (Å²) in [6, 6.07) is 17.3. The molecule has 33 heavy (non-hydrogen) atoms. The number of nitrogens with one attached hydrogen (secondary N) is 2. The van der Waals surface area contributed by atoms with Crippen molar-refractivity contribution in [3.05, 3.63) is 77.4 Å². The normalized spacial score (nSPS) is 13.0. The average Bonchev–Trinajstić information content (AvgIpc) is 3.29. The molecule has 0 fully saturated rings. The standard InChI is InChI=1S/C24H24N2O6S/c1-16-4-7-21(8-5-16)33(27,28)26-25-22(18-12-19(29-2)14-20(13-18)30-3)10-17-6-9-23-24(11-17)32-15-31-23/h4-14,25-26H,15H2,1-3H3. The van der Waals surface area contributed by atoms with Crippen LogP contribution >= 0.6 is 0 Å². The van der Waals surface area contributed by atoms with Gasteiger partial charge in [-0.3, -0.25) is 0 Å². The number of benzene rings is 3. The van der Waals surface area contributed by atoms with Crippen LogP contribution in [0.5, 0.6) is 23.0 Å². The smallest absolute Gasteiger partial charge is 0.257 e. The van der Waals surface area contributed by atoms with Crippen molar-refractivity contribution in [1.82, 2.24) is 10.3 Å². The van der Waals surface area contributed by atoms with E-state index in [2.05, 4.69) is 10.3 Å². The third-order valence-electron chi connectivity index (χ3n) is 5.02. The molecule has 0 saturated heterocycles. The highest BCUT2D eigenvalue weighted by molar-refractivity contribution is 7.89. The SMILES string of the molecule is COc1cc(OC)cc(C(=Cc2ccc3c(c2)OCO3)NNS(=O)(=O)c2ccc(C)cc2)c1. The maximum absolute atomic E-state index is 12.8. The highest BCUT2D eigenvalue weighted by Gasteiger charge is 2.17. The number of ether oxygens (including phenoxy) is 4. The molecule has 0 aliphatic carbocycles. The first kappa shape index (κ1) is 22.5. The molecular formula is C24H24N2O6S. The molecule has 4 rings (SSSR count). The molecule has 0 spiro atoms. The second kappa shape index (κ2) is 9.43. The van der Waals surface area contributed by atoms with Gasteiger partial charge in [0.05, 0.1) is 24.8 Å². The van der Waals surface area contributed by atoms with E-state index in [1.165, 1.54) is 0 Å². The molecule has 0 unspecified atom stereocenters. The topological polar surface area (TPSA) is 95.1 Å². The molecule has 0 bridgehead atoms. The third-order valence-corrected chi connectivity index (χ3v) is 6.28. The summed E-state index contributed by atoms with van der Waals surface area (Å²) in [7, 11) is -0.725. The van der Waals surface area contributed by atoms with Crippen LogP contribution in [0.3, 0.4) is 0 Å². The van der Waals surface area contributed by atoms with Crippen molar-refractivity contribution < 1.29 is 27.4 Å². The van der Waals surface area contributed by atoms with Crippen LogP contribution < -0.4 is 29.2 Å². The van der Waals surface area contributed by atoms with Gasteiger partial charge in [0.1, 0.15) is 11.5 Å². The van der Waals surface area contributed by atoms with Gasteiger partial charge in [0, 0.05) is 11.6 Å². The van der Waals surface area contributed by atoms with Gasteiger partial charge >= 0.3 is 0 Å². The summed E-state index contributed by atoms with van der Waals surface area (Å²) < 4.78 is 47.3. The van der Waals surface area contributed by atoms with Crippen molar-refractivity contribution in [2.75, 3.05) is 21.0 Å². The Hall–Kier alpha value is -3.69. The molecule has 1 aliphatic heterocycles. The van der Waals surface area contributed by atoms with Gasteiger partial charge in [-0.05, 0) is 55.0 Å². The van der Waals surface area contributed by atoms with Gasteiger partial charge in [0.15, 0.2) is 11.5 Å². The van der Waals surface area contributed by atoms with E-state index in [-0.39, 0.29) is 11.7 Å². The molecule has 172 valence electrons. The number of methoxy groups -OCH3 is 2. The third kappa shape index (κ3) is 5.21. The highest BCUT2D eigenvalue weighted by atomic mass is 32.2. The Morgan fingerprint density at radius 2 is 1.58 bits per heavy atom. The first-order valence-corrected chi connectivity index (χ1v) is 11.6. The predicted molar refractivity (Wildman–Crippen MR) is 125 cm³/mol. The van der Waals surface area contributed by atoms with Gasteiger partial charge in [-0.2, -0.15) is 0 Å². The van der Waals surface area contributed by atoms with Crippen LogP contribution in [-0.2, 0) is 10.0 Å². The number of sulfonamides is 1. The molecule has 8 nitrogen and oxygen atoms in total. The lowest BCUT2D eigenvalue weighted by molar-refractivity contribution is 0.174. The summed E-state index contributed by atoms with van der Waals surface area (Å²) >= 11 is 0. The van der Waals surface area contributed by atoms with E-state index in [9.17, 15) is 8.42 Å². The lowest BCUT2D eigenvalue weighted by atomic mass is 10.1. The van der Waals surface area contributed by atoms with Gasteiger partial charge in [-0.15, -0.1) is 4.83 Å². The fourth-order valence-corrected chi connectivity index (χ4v) is 4.08. The maximum Gasteiger partial charge on any atom is 0.257 e. The molecule has 0 amide bonds. The Kier molecular flexibility index (Phi) is 6.43. The van der Waals surface area contributed by atoms with Crippen molar-refractivity contribution in [2.45, 2.75) is 11.8 Å². The lowest BCUT2D eigenvalue weighted by Crippen LogP contribution is -2.36. The summed E-state index contributed by atoms with van der Waals surface area (Å²) in [5.74, 6) is 2.39. The molecule has 3 aromatic rings. The fraction of sp³-hybridized carbons (Fsp3) is 0.167. The van der Waals surface area contributed by atoms with E-state index < -0.39 is 10.0 Å². The van der Waals surface area contributed by atoms with Crippen LogP contribution in [0, 0.1) is 6.92 Å². The Morgan fingerprint density at radius 1 is 0.909 bits per heavy atom. The van der Waals surface area contributed by atoms with Crippen LogP contribution in [0.1, 0.15) is 16.7 Å². The molecule has 0 atom stereocenters. The number of fused-ring (bicyclic) bond motifs is 1. The Bertz CT molecular complexity index is 1260. The van der Waals surface area contributed by atoms with E-state index in [1.54, 1.807) is 68.8 Å². The summed E-state index contributed by atoms with van der Waals surface area (Å²) in [6.45, 7) is 2.06. The molecule has 1 aliphatic rings. The van der Waals surface area contributed by atoms with Gasteiger partial charge in [0.25, 0.3) is 10.0 Å². The van der Waals surface area contributed by atoms with E-state index in [0.717, 1.165) is 11.1 Å². The maximum atomic E-state index is 12.8. The number of aryl methyl sites for hydroxylation is 1. The second-order valence-electron chi connectivity index (χ2n) is 7.32. The van der Waals surface area contributed by atoms with E-state index in [0.29, 0.717) is 34.3 Å². The molecule has 0 aromatic heterocycles. The Labute approximate surface area is 192 Å². The van der Waals surface area contributed by atoms with Crippen molar-refractivity contribution in [1.29, 1.82) is 0 Å². The highest BCUT2D eigenvalue weighted by Crippen LogP contribution is 2.34. The molecule has 0 radical (unpaired) electrons. The lowest BCUT2D eigenvalue weighted by Gasteiger charge is -2.15. The van der Waals surface area contributed by atoms with Crippen molar-refractivity contribution in [3.8, 4) is 23.0 Å². The predicted octanol–water partition coefficient (Wildman–Crippen LogP) is 3.72. The van der Waals surface area contributed by atoms with E-state index >= 15 is 0 Å². The van der Waals surface area contributed by atoms with Gasteiger partial charge < -0.3 is 24.4 Å². The van der Waals surface area contributed by atoms with Crippen LogP contribution in [-0.4, -0.2) is 29.4 Å². The molecule has 0 saturated carbocycles. The fourth-order valence-electron chi connectivity index (χ4n) is 3.22.